The second-order valence-electron chi connectivity index (χ2n) is 9.03. The van der Waals surface area contributed by atoms with Crippen LogP contribution < -0.4 is 0 Å². The molecule has 0 amide bonds. The van der Waals surface area contributed by atoms with E-state index in [4.69, 9.17) is 0 Å². The Morgan fingerprint density at radius 1 is 0.720 bits per heavy atom. The predicted octanol–water partition coefficient (Wildman–Crippen LogP) is 7.91. The van der Waals surface area contributed by atoms with Crippen molar-refractivity contribution in [3.8, 4) is 0 Å². The van der Waals surface area contributed by atoms with E-state index in [1.165, 1.54) is 89.0 Å². The third-order valence-corrected chi connectivity index (χ3v) is 7.30. The Morgan fingerprint density at radius 2 is 1.32 bits per heavy atom. The van der Waals surface area contributed by atoms with Crippen molar-refractivity contribution in [1.82, 2.24) is 0 Å². The van der Waals surface area contributed by atoms with Crippen molar-refractivity contribution in [3.05, 3.63) is 35.4 Å². The van der Waals surface area contributed by atoms with Crippen molar-refractivity contribution >= 4 is 0 Å². The summed E-state index contributed by atoms with van der Waals surface area (Å²) < 4.78 is 0. The summed E-state index contributed by atoms with van der Waals surface area (Å²) in [5.74, 6) is 4.00. The van der Waals surface area contributed by atoms with Gasteiger partial charge >= 0.3 is 0 Å². The highest BCUT2D eigenvalue weighted by molar-refractivity contribution is 5.26. The Kier molecular flexibility index (Phi) is 7.44. The average molecular weight is 341 g/mol. The maximum absolute atomic E-state index is 2.44. The molecular weight excluding hydrogens is 300 g/mol. The van der Waals surface area contributed by atoms with Gasteiger partial charge in [0, 0.05) is 0 Å². The first-order valence-corrected chi connectivity index (χ1v) is 11.4. The molecule has 1 aromatic rings. The molecule has 0 heteroatoms. The summed E-state index contributed by atoms with van der Waals surface area (Å²) in [7, 11) is 0. The molecule has 1 aromatic carbocycles. The molecule has 2 fully saturated rings. The van der Waals surface area contributed by atoms with Crippen LogP contribution in [0.2, 0.25) is 0 Å². The molecule has 0 atom stereocenters. The van der Waals surface area contributed by atoms with E-state index >= 15 is 0 Å². The van der Waals surface area contributed by atoms with Gasteiger partial charge in [-0.15, -0.1) is 0 Å². The second kappa shape index (κ2) is 9.79. The maximum Gasteiger partial charge on any atom is -0.0162 e. The van der Waals surface area contributed by atoms with Gasteiger partial charge in [0.1, 0.15) is 0 Å². The topological polar surface area (TPSA) is 0 Å². The summed E-state index contributed by atoms with van der Waals surface area (Å²) in [4.78, 5) is 0. The standard InChI is InChI=1S/C25H40/c1-3-5-7-21-10-14-23(15-11-21)25-18-16-24(17-19-25)22-12-8-20(6-4-2)9-13-22/h10-11,14-15,20,22,24-25H,3-9,12-13,16-19H2,1-2H3/t20-,22-,24-,25-. The lowest BCUT2D eigenvalue weighted by molar-refractivity contribution is 0.156. The van der Waals surface area contributed by atoms with E-state index in [2.05, 4.69) is 38.1 Å². The Hall–Kier alpha value is -0.780. The summed E-state index contributed by atoms with van der Waals surface area (Å²) in [6, 6.07) is 9.66. The number of aryl methyl sites for hydroxylation is 1. The molecule has 3 rings (SSSR count). The zero-order valence-corrected chi connectivity index (χ0v) is 16.8. The van der Waals surface area contributed by atoms with Crippen LogP contribution in [0.15, 0.2) is 24.3 Å². The summed E-state index contributed by atoms with van der Waals surface area (Å²) in [6.07, 6.45) is 18.7. The van der Waals surface area contributed by atoms with Crippen molar-refractivity contribution in [1.29, 1.82) is 0 Å². The number of rotatable bonds is 7. The van der Waals surface area contributed by atoms with E-state index in [0.717, 1.165) is 23.7 Å². The lowest BCUT2D eigenvalue weighted by atomic mass is 9.68. The highest BCUT2D eigenvalue weighted by atomic mass is 14.4. The van der Waals surface area contributed by atoms with Gasteiger partial charge in [-0.25, -0.2) is 0 Å². The van der Waals surface area contributed by atoms with Gasteiger partial charge < -0.3 is 0 Å². The molecule has 2 aliphatic rings. The van der Waals surface area contributed by atoms with E-state index in [-0.39, 0.29) is 0 Å². The molecule has 0 unspecified atom stereocenters. The number of benzene rings is 1. The zero-order chi connectivity index (χ0) is 17.5. The number of hydrogen-bond acceptors (Lipinski definition) is 0. The molecule has 0 nitrogen and oxygen atoms in total. The van der Waals surface area contributed by atoms with Crippen LogP contribution in [0.5, 0.6) is 0 Å². The molecular formula is C25H40. The molecule has 2 saturated carbocycles. The lowest BCUT2D eigenvalue weighted by Gasteiger charge is -2.38. The van der Waals surface area contributed by atoms with Gasteiger partial charge in [0.15, 0.2) is 0 Å². The second-order valence-corrected chi connectivity index (χ2v) is 9.03. The smallest absolute Gasteiger partial charge is 0.0162 e. The summed E-state index contributed by atoms with van der Waals surface area (Å²) >= 11 is 0. The third-order valence-electron chi connectivity index (χ3n) is 7.30. The van der Waals surface area contributed by atoms with Gasteiger partial charge in [-0.2, -0.15) is 0 Å². The van der Waals surface area contributed by atoms with Crippen LogP contribution in [-0.2, 0) is 6.42 Å². The molecule has 25 heavy (non-hydrogen) atoms. The van der Waals surface area contributed by atoms with Crippen molar-refractivity contribution in [2.24, 2.45) is 17.8 Å². The lowest BCUT2D eigenvalue weighted by Crippen LogP contribution is -2.25. The van der Waals surface area contributed by atoms with Crippen LogP contribution in [-0.4, -0.2) is 0 Å². The van der Waals surface area contributed by atoms with E-state index in [1.54, 1.807) is 5.56 Å². The van der Waals surface area contributed by atoms with E-state index in [0.29, 0.717) is 0 Å². The molecule has 2 aliphatic carbocycles. The highest BCUT2D eigenvalue weighted by Gasteiger charge is 2.30. The summed E-state index contributed by atoms with van der Waals surface area (Å²) in [5.41, 5.74) is 3.15. The number of hydrogen-bond donors (Lipinski definition) is 0. The third kappa shape index (κ3) is 5.35. The number of unbranched alkanes of at least 4 members (excludes halogenated alkanes) is 1. The monoisotopic (exact) mass is 340 g/mol. The largest absolute Gasteiger partial charge is 0.0654 e. The van der Waals surface area contributed by atoms with Crippen molar-refractivity contribution in [3.63, 3.8) is 0 Å². The average Bonchev–Trinajstić information content (AvgIpc) is 2.68. The molecule has 0 N–H and O–H groups in total. The molecule has 140 valence electrons. The highest BCUT2D eigenvalue weighted by Crippen LogP contribution is 2.44. The Bertz CT molecular complexity index is 469. The molecule has 0 bridgehead atoms. The van der Waals surface area contributed by atoms with Gasteiger partial charge in [-0.3, -0.25) is 0 Å². The fourth-order valence-electron chi connectivity index (χ4n) is 5.62. The minimum Gasteiger partial charge on any atom is -0.0654 e. The van der Waals surface area contributed by atoms with Gasteiger partial charge in [0.2, 0.25) is 0 Å². The minimum absolute atomic E-state index is 0.841. The SMILES string of the molecule is CCCCc1ccc([C@H]2CC[C@H]([C@H]3CC[C@H](CCC)CC3)CC2)cc1. The predicted molar refractivity (Wildman–Crippen MR) is 110 cm³/mol. The van der Waals surface area contributed by atoms with Crippen LogP contribution in [0.1, 0.15) is 108 Å². The van der Waals surface area contributed by atoms with E-state index in [1.807, 2.05) is 0 Å². The van der Waals surface area contributed by atoms with Gasteiger partial charge in [-0.05, 0) is 86.2 Å². The maximum atomic E-state index is 2.44. The Labute approximate surface area is 156 Å². The van der Waals surface area contributed by atoms with Gasteiger partial charge in [-0.1, -0.05) is 70.2 Å². The molecule has 0 spiro atoms. The minimum atomic E-state index is 0.841. The van der Waals surface area contributed by atoms with Crippen LogP contribution >= 0.6 is 0 Å². The molecule has 0 radical (unpaired) electrons. The first kappa shape index (κ1) is 19.0. The molecule has 0 aromatic heterocycles. The van der Waals surface area contributed by atoms with Crippen molar-refractivity contribution in [2.45, 2.75) is 103 Å². The Morgan fingerprint density at radius 3 is 1.88 bits per heavy atom. The summed E-state index contributed by atoms with van der Waals surface area (Å²) in [6.45, 7) is 4.63. The van der Waals surface area contributed by atoms with Crippen molar-refractivity contribution in [2.75, 3.05) is 0 Å². The Balaban J connectivity index is 1.44. The van der Waals surface area contributed by atoms with Crippen LogP contribution in [0.25, 0.3) is 0 Å². The van der Waals surface area contributed by atoms with Gasteiger partial charge in [0.05, 0.1) is 0 Å². The summed E-state index contributed by atoms with van der Waals surface area (Å²) in [5, 5.41) is 0. The quantitative estimate of drug-likeness (QED) is 0.473. The van der Waals surface area contributed by atoms with Crippen molar-refractivity contribution < 1.29 is 0 Å². The van der Waals surface area contributed by atoms with Crippen LogP contribution in [0.4, 0.5) is 0 Å². The first-order chi connectivity index (χ1) is 12.3. The fraction of sp³-hybridized carbons (Fsp3) is 0.760. The van der Waals surface area contributed by atoms with E-state index in [9.17, 15) is 0 Å². The molecule has 0 saturated heterocycles. The molecule has 0 heterocycles. The molecule has 0 aliphatic heterocycles. The van der Waals surface area contributed by atoms with Crippen LogP contribution in [0.3, 0.4) is 0 Å². The first-order valence-electron chi connectivity index (χ1n) is 11.4. The zero-order valence-electron chi connectivity index (χ0n) is 16.8. The van der Waals surface area contributed by atoms with E-state index < -0.39 is 0 Å². The fourth-order valence-corrected chi connectivity index (χ4v) is 5.62. The van der Waals surface area contributed by atoms with Gasteiger partial charge in [0.25, 0.3) is 0 Å². The van der Waals surface area contributed by atoms with Crippen LogP contribution in [0, 0.1) is 17.8 Å². The normalized spacial score (nSPS) is 30.3.